The summed E-state index contributed by atoms with van der Waals surface area (Å²) >= 11 is 0. The fourth-order valence-electron chi connectivity index (χ4n) is 1.47. The molecule has 0 spiro atoms. The maximum absolute atomic E-state index is 5.73. The molecule has 0 fully saturated rings. The second kappa shape index (κ2) is 4.13. The van der Waals surface area contributed by atoms with Crippen LogP contribution in [0.25, 0.3) is 11.3 Å². The Bertz CT molecular complexity index is 495. The zero-order valence-corrected chi connectivity index (χ0v) is 10.2. The van der Waals surface area contributed by atoms with Crippen molar-refractivity contribution in [2.75, 3.05) is 5.73 Å². The molecule has 17 heavy (non-hydrogen) atoms. The van der Waals surface area contributed by atoms with Gasteiger partial charge >= 0.3 is 0 Å². The zero-order valence-electron chi connectivity index (χ0n) is 10.2. The highest BCUT2D eigenvalue weighted by molar-refractivity contribution is 5.59. The van der Waals surface area contributed by atoms with Crippen molar-refractivity contribution in [1.82, 2.24) is 4.98 Å². The molecular weight excluding hydrogens is 216 g/mol. The fraction of sp³-hybridized carbons (Fsp3) is 0.308. The quantitative estimate of drug-likeness (QED) is 0.864. The summed E-state index contributed by atoms with van der Waals surface area (Å²) < 4.78 is 10.7. The van der Waals surface area contributed by atoms with E-state index in [1.54, 1.807) is 0 Å². The summed E-state index contributed by atoms with van der Waals surface area (Å²) in [5, 5.41) is 0. The van der Waals surface area contributed by atoms with Gasteiger partial charge in [-0.25, -0.2) is 0 Å². The van der Waals surface area contributed by atoms with Crippen LogP contribution in [-0.4, -0.2) is 10.6 Å². The number of aromatic nitrogens is 1. The minimum Gasteiger partial charge on any atom is -0.488 e. The van der Waals surface area contributed by atoms with Gasteiger partial charge < -0.3 is 14.9 Å². The predicted molar refractivity (Wildman–Crippen MR) is 66.7 cm³/mol. The maximum atomic E-state index is 5.73. The van der Waals surface area contributed by atoms with Crippen molar-refractivity contribution >= 4 is 6.01 Å². The largest absolute Gasteiger partial charge is 0.488 e. The van der Waals surface area contributed by atoms with E-state index in [2.05, 4.69) is 4.98 Å². The van der Waals surface area contributed by atoms with Gasteiger partial charge in [0.25, 0.3) is 6.01 Å². The van der Waals surface area contributed by atoms with Crippen LogP contribution in [-0.2, 0) is 0 Å². The van der Waals surface area contributed by atoms with E-state index in [1.807, 2.05) is 45.0 Å². The third kappa shape index (κ3) is 3.00. The summed E-state index contributed by atoms with van der Waals surface area (Å²) in [6, 6.07) is 7.85. The number of hydrogen-bond acceptors (Lipinski definition) is 4. The molecule has 1 aromatic carbocycles. The van der Waals surface area contributed by atoms with Crippen molar-refractivity contribution in [2.45, 2.75) is 26.4 Å². The molecule has 0 aliphatic carbocycles. The molecule has 0 bridgehead atoms. The highest BCUT2D eigenvalue weighted by Crippen LogP contribution is 2.24. The average molecular weight is 232 g/mol. The Labute approximate surface area is 100 Å². The normalized spacial score (nSPS) is 11.5. The minimum absolute atomic E-state index is 0.176. The SMILES string of the molecule is CC(C)(C)Oc1ccc(-c2coc(N)n2)cc1. The molecule has 0 radical (unpaired) electrons. The van der Waals surface area contributed by atoms with E-state index in [0.717, 1.165) is 17.0 Å². The van der Waals surface area contributed by atoms with Gasteiger partial charge in [0.1, 0.15) is 23.3 Å². The van der Waals surface area contributed by atoms with Crippen LogP contribution in [0.4, 0.5) is 6.01 Å². The second-order valence-electron chi connectivity index (χ2n) is 4.81. The van der Waals surface area contributed by atoms with Crippen molar-refractivity contribution in [1.29, 1.82) is 0 Å². The van der Waals surface area contributed by atoms with E-state index in [1.165, 1.54) is 6.26 Å². The van der Waals surface area contributed by atoms with Crippen LogP contribution in [0.3, 0.4) is 0 Å². The van der Waals surface area contributed by atoms with Crippen molar-refractivity contribution in [3.8, 4) is 17.0 Å². The van der Waals surface area contributed by atoms with E-state index in [-0.39, 0.29) is 11.6 Å². The number of anilines is 1. The van der Waals surface area contributed by atoms with Gasteiger partial charge in [0.05, 0.1) is 0 Å². The first-order valence-corrected chi connectivity index (χ1v) is 5.44. The predicted octanol–water partition coefficient (Wildman–Crippen LogP) is 3.10. The Balaban J connectivity index is 2.19. The molecule has 0 saturated heterocycles. The lowest BCUT2D eigenvalue weighted by molar-refractivity contribution is 0.131. The summed E-state index contributed by atoms with van der Waals surface area (Å²) in [5.41, 5.74) is 6.91. The first-order valence-electron chi connectivity index (χ1n) is 5.44. The van der Waals surface area contributed by atoms with E-state index in [4.69, 9.17) is 14.9 Å². The van der Waals surface area contributed by atoms with Crippen LogP contribution in [0.2, 0.25) is 0 Å². The van der Waals surface area contributed by atoms with Crippen molar-refractivity contribution < 1.29 is 9.15 Å². The molecule has 2 aromatic rings. The molecular formula is C13H16N2O2. The van der Waals surface area contributed by atoms with Crippen LogP contribution in [0.15, 0.2) is 34.9 Å². The molecule has 4 nitrogen and oxygen atoms in total. The van der Waals surface area contributed by atoms with Crippen LogP contribution < -0.4 is 10.5 Å². The number of benzene rings is 1. The summed E-state index contributed by atoms with van der Waals surface area (Å²) in [4.78, 5) is 4.06. The third-order valence-electron chi connectivity index (χ3n) is 2.10. The molecule has 0 atom stereocenters. The number of nitrogen functional groups attached to an aromatic ring is 1. The lowest BCUT2D eigenvalue weighted by atomic mass is 10.1. The first-order chi connectivity index (χ1) is 7.94. The molecule has 0 saturated carbocycles. The molecule has 0 amide bonds. The summed E-state index contributed by atoms with van der Waals surface area (Å²) in [7, 11) is 0. The van der Waals surface area contributed by atoms with Crippen molar-refractivity contribution in [2.24, 2.45) is 0 Å². The van der Waals surface area contributed by atoms with Crippen LogP contribution >= 0.6 is 0 Å². The number of nitrogens with two attached hydrogens (primary N) is 1. The molecule has 0 unspecified atom stereocenters. The molecule has 90 valence electrons. The topological polar surface area (TPSA) is 61.3 Å². The minimum atomic E-state index is -0.195. The molecule has 2 N–H and O–H groups in total. The lowest BCUT2D eigenvalue weighted by Gasteiger charge is -2.21. The van der Waals surface area contributed by atoms with Crippen LogP contribution in [0, 0.1) is 0 Å². The smallest absolute Gasteiger partial charge is 0.292 e. The third-order valence-corrected chi connectivity index (χ3v) is 2.10. The molecule has 2 rings (SSSR count). The summed E-state index contributed by atoms with van der Waals surface area (Å²) in [6.07, 6.45) is 1.54. The van der Waals surface area contributed by atoms with Crippen molar-refractivity contribution in [3.63, 3.8) is 0 Å². The van der Waals surface area contributed by atoms with Crippen LogP contribution in [0.1, 0.15) is 20.8 Å². The molecule has 4 heteroatoms. The Morgan fingerprint density at radius 2 is 1.82 bits per heavy atom. The Morgan fingerprint density at radius 3 is 2.29 bits per heavy atom. The van der Waals surface area contributed by atoms with Gasteiger partial charge in [-0.2, -0.15) is 4.98 Å². The van der Waals surface area contributed by atoms with E-state index >= 15 is 0 Å². The molecule has 0 aliphatic heterocycles. The summed E-state index contributed by atoms with van der Waals surface area (Å²) in [5.74, 6) is 0.831. The van der Waals surface area contributed by atoms with E-state index < -0.39 is 0 Å². The van der Waals surface area contributed by atoms with Gasteiger partial charge in [0, 0.05) is 5.56 Å². The summed E-state index contributed by atoms with van der Waals surface area (Å²) in [6.45, 7) is 6.04. The lowest BCUT2D eigenvalue weighted by Crippen LogP contribution is -2.22. The number of nitrogens with zero attached hydrogens (tertiary/aromatic N) is 1. The highest BCUT2D eigenvalue weighted by Gasteiger charge is 2.11. The molecule has 1 aromatic heterocycles. The standard InChI is InChI=1S/C13H16N2O2/c1-13(2,3)17-10-6-4-9(5-7-10)11-8-16-12(14)15-11/h4-8H,1-3H3,(H2,14,15). The fourth-order valence-corrected chi connectivity index (χ4v) is 1.47. The van der Waals surface area contributed by atoms with Gasteiger partial charge in [-0.15, -0.1) is 0 Å². The highest BCUT2D eigenvalue weighted by atomic mass is 16.5. The number of ether oxygens (including phenoxy) is 1. The van der Waals surface area contributed by atoms with E-state index in [0.29, 0.717) is 0 Å². The first kappa shape index (κ1) is 11.5. The van der Waals surface area contributed by atoms with Gasteiger partial charge in [-0.3, -0.25) is 0 Å². The number of hydrogen-bond donors (Lipinski definition) is 1. The average Bonchev–Trinajstić information content (AvgIpc) is 2.63. The van der Waals surface area contributed by atoms with Crippen molar-refractivity contribution in [3.05, 3.63) is 30.5 Å². The van der Waals surface area contributed by atoms with E-state index in [9.17, 15) is 0 Å². The Kier molecular flexibility index (Phi) is 2.79. The monoisotopic (exact) mass is 232 g/mol. The van der Waals surface area contributed by atoms with Gasteiger partial charge in [0.15, 0.2) is 0 Å². The van der Waals surface area contributed by atoms with Gasteiger partial charge in [0.2, 0.25) is 0 Å². The maximum Gasteiger partial charge on any atom is 0.292 e. The molecule has 1 heterocycles. The van der Waals surface area contributed by atoms with Crippen LogP contribution in [0.5, 0.6) is 5.75 Å². The zero-order chi connectivity index (χ0) is 12.5. The second-order valence-corrected chi connectivity index (χ2v) is 4.81. The Morgan fingerprint density at radius 1 is 1.18 bits per heavy atom. The van der Waals surface area contributed by atoms with Gasteiger partial charge in [-0.05, 0) is 45.0 Å². The Hall–Kier alpha value is -1.97. The number of rotatable bonds is 2. The molecule has 0 aliphatic rings. The number of oxazole rings is 1. The van der Waals surface area contributed by atoms with Gasteiger partial charge in [-0.1, -0.05) is 0 Å².